The van der Waals surface area contributed by atoms with E-state index in [4.69, 9.17) is 18.7 Å². The minimum absolute atomic E-state index is 0.0881. The second-order valence-corrected chi connectivity index (χ2v) is 6.82. The van der Waals surface area contributed by atoms with Crippen molar-refractivity contribution in [2.75, 3.05) is 14.2 Å². The van der Waals surface area contributed by atoms with Crippen LogP contribution in [0.15, 0.2) is 40.9 Å². The van der Waals surface area contributed by atoms with Crippen molar-refractivity contribution in [2.24, 2.45) is 0 Å². The SMILES string of the molecule is COc1ccc(-c2noc(CNC(=O)[C@@H](C)Oc3cc(C)ccc3C)n2)c(OC)c1. The number of methoxy groups -OCH3 is 2. The molecule has 0 radical (unpaired) electrons. The molecular formula is C22H25N3O5. The molecule has 1 atom stereocenters. The van der Waals surface area contributed by atoms with Crippen LogP contribution in [-0.4, -0.2) is 36.4 Å². The van der Waals surface area contributed by atoms with Gasteiger partial charge in [-0.05, 0) is 50.1 Å². The smallest absolute Gasteiger partial charge is 0.261 e. The fourth-order valence-corrected chi connectivity index (χ4v) is 2.80. The molecular weight excluding hydrogens is 386 g/mol. The van der Waals surface area contributed by atoms with Crippen LogP contribution in [0.1, 0.15) is 23.9 Å². The van der Waals surface area contributed by atoms with Crippen LogP contribution in [-0.2, 0) is 11.3 Å². The van der Waals surface area contributed by atoms with Crippen molar-refractivity contribution in [2.45, 2.75) is 33.4 Å². The van der Waals surface area contributed by atoms with Crippen LogP contribution in [0.5, 0.6) is 17.2 Å². The lowest BCUT2D eigenvalue weighted by atomic mass is 10.1. The van der Waals surface area contributed by atoms with Crippen LogP contribution in [0.2, 0.25) is 0 Å². The zero-order valence-electron chi connectivity index (χ0n) is 17.7. The van der Waals surface area contributed by atoms with Gasteiger partial charge in [0.15, 0.2) is 6.10 Å². The summed E-state index contributed by atoms with van der Waals surface area (Å²) in [6.07, 6.45) is -0.672. The van der Waals surface area contributed by atoms with Crippen LogP contribution in [0.4, 0.5) is 0 Å². The van der Waals surface area contributed by atoms with Gasteiger partial charge in [0.25, 0.3) is 5.91 Å². The lowest BCUT2D eigenvalue weighted by molar-refractivity contribution is -0.127. The number of carbonyl (C=O) groups excluding carboxylic acids is 1. The van der Waals surface area contributed by atoms with Gasteiger partial charge in [0.05, 0.1) is 26.3 Å². The fraction of sp³-hybridized carbons (Fsp3) is 0.318. The molecule has 3 rings (SSSR count). The Morgan fingerprint density at radius 2 is 1.90 bits per heavy atom. The third kappa shape index (κ3) is 4.89. The van der Waals surface area contributed by atoms with E-state index in [-0.39, 0.29) is 18.3 Å². The van der Waals surface area contributed by atoms with Gasteiger partial charge in [-0.3, -0.25) is 4.79 Å². The number of benzene rings is 2. The topological polar surface area (TPSA) is 95.7 Å². The predicted molar refractivity (Wildman–Crippen MR) is 111 cm³/mol. The van der Waals surface area contributed by atoms with Gasteiger partial charge in [-0.1, -0.05) is 17.3 Å². The second-order valence-electron chi connectivity index (χ2n) is 6.82. The molecule has 30 heavy (non-hydrogen) atoms. The van der Waals surface area contributed by atoms with E-state index in [1.165, 1.54) is 0 Å². The number of nitrogens with zero attached hydrogens (tertiary/aromatic N) is 2. The summed E-state index contributed by atoms with van der Waals surface area (Å²) in [5.41, 5.74) is 2.69. The van der Waals surface area contributed by atoms with E-state index in [0.29, 0.717) is 28.6 Å². The Kier molecular flexibility index (Phi) is 6.56. The molecule has 0 fully saturated rings. The number of aryl methyl sites for hydroxylation is 2. The normalized spacial score (nSPS) is 11.6. The Labute approximate surface area is 175 Å². The number of ether oxygens (including phenoxy) is 3. The van der Waals surface area contributed by atoms with Gasteiger partial charge in [0.1, 0.15) is 17.2 Å². The Morgan fingerprint density at radius 1 is 1.10 bits per heavy atom. The molecule has 3 aromatic rings. The summed E-state index contributed by atoms with van der Waals surface area (Å²) in [5.74, 6) is 2.25. The van der Waals surface area contributed by atoms with Gasteiger partial charge < -0.3 is 24.1 Å². The monoisotopic (exact) mass is 411 g/mol. The quantitative estimate of drug-likeness (QED) is 0.606. The molecule has 8 nitrogen and oxygen atoms in total. The number of amides is 1. The summed E-state index contributed by atoms with van der Waals surface area (Å²) >= 11 is 0. The third-order valence-corrected chi connectivity index (χ3v) is 4.55. The summed E-state index contributed by atoms with van der Waals surface area (Å²) in [7, 11) is 3.13. The molecule has 0 spiro atoms. The minimum Gasteiger partial charge on any atom is -0.497 e. The van der Waals surface area contributed by atoms with Crippen LogP contribution in [0, 0.1) is 13.8 Å². The molecule has 158 valence electrons. The molecule has 2 aromatic carbocycles. The van der Waals surface area contributed by atoms with Crippen molar-refractivity contribution in [3.05, 3.63) is 53.4 Å². The van der Waals surface area contributed by atoms with Crippen molar-refractivity contribution in [3.63, 3.8) is 0 Å². The van der Waals surface area contributed by atoms with Crippen LogP contribution < -0.4 is 19.5 Å². The maximum absolute atomic E-state index is 12.4. The van der Waals surface area contributed by atoms with E-state index in [9.17, 15) is 4.79 Å². The number of hydrogen-bond donors (Lipinski definition) is 1. The molecule has 1 aromatic heterocycles. The Balaban J connectivity index is 1.62. The number of nitrogens with one attached hydrogen (secondary N) is 1. The molecule has 0 bridgehead atoms. The Morgan fingerprint density at radius 3 is 2.63 bits per heavy atom. The minimum atomic E-state index is -0.672. The standard InChI is InChI=1S/C22H25N3O5/c1-13-6-7-14(2)18(10-13)29-15(3)22(26)23-12-20-24-21(25-30-20)17-9-8-16(27-4)11-19(17)28-5/h6-11,15H,12H2,1-5H3,(H,23,26)/t15-/m1/s1. The first kappa shape index (κ1) is 21.2. The van der Waals surface area contributed by atoms with Crippen molar-refractivity contribution in [1.82, 2.24) is 15.5 Å². The number of aromatic nitrogens is 2. The molecule has 0 unspecified atom stereocenters. The summed E-state index contributed by atoms with van der Waals surface area (Å²) < 4.78 is 21.6. The first-order chi connectivity index (χ1) is 14.4. The fourth-order valence-electron chi connectivity index (χ4n) is 2.80. The van der Waals surface area contributed by atoms with Gasteiger partial charge in [0.2, 0.25) is 11.7 Å². The van der Waals surface area contributed by atoms with Crippen LogP contribution in [0.25, 0.3) is 11.4 Å². The summed E-state index contributed by atoms with van der Waals surface area (Å²) in [5, 5.41) is 6.73. The van der Waals surface area contributed by atoms with E-state index in [1.807, 2.05) is 32.0 Å². The Bertz CT molecular complexity index is 1030. The summed E-state index contributed by atoms with van der Waals surface area (Å²) in [4.78, 5) is 16.7. The van der Waals surface area contributed by atoms with E-state index >= 15 is 0 Å². The third-order valence-electron chi connectivity index (χ3n) is 4.55. The van der Waals surface area contributed by atoms with Crippen molar-refractivity contribution in [1.29, 1.82) is 0 Å². The maximum atomic E-state index is 12.4. The largest absolute Gasteiger partial charge is 0.497 e. The highest BCUT2D eigenvalue weighted by molar-refractivity contribution is 5.80. The van der Waals surface area contributed by atoms with Gasteiger partial charge in [0, 0.05) is 6.07 Å². The van der Waals surface area contributed by atoms with E-state index in [0.717, 1.165) is 11.1 Å². The molecule has 0 aliphatic carbocycles. The predicted octanol–water partition coefficient (Wildman–Crippen LogP) is 3.45. The molecule has 1 amide bonds. The molecule has 0 saturated carbocycles. The van der Waals surface area contributed by atoms with Crippen molar-refractivity contribution < 1.29 is 23.5 Å². The highest BCUT2D eigenvalue weighted by Gasteiger charge is 2.18. The van der Waals surface area contributed by atoms with E-state index in [1.54, 1.807) is 39.3 Å². The number of carbonyl (C=O) groups is 1. The van der Waals surface area contributed by atoms with E-state index < -0.39 is 6.10 Å². The van der Waals surface area contributed by atoms with Gasteiger partial charge in [-0.2, -0.15) is 4.98 Å². The van der Waals surface area contributed by atoms with Crippen molar-refractivity contribution >= 4 is 5.91 Å². The summed E-state index contributed by atoms with van der Waals surface area (Å²) in [6, 6.07) is 11.2. The van der Waals surface area contributed by atoms with Crippen LogP contribution in [0.3, 0.4) is 0 Å². The molecule has 8 heteroatoms. The van der Waals surface area contributed by atoms with Crippen LogP contribution >= 0.6 is 0 Å². The lowest BCUT2D eigenvalue weighted by Crippen LogP contribution is -2.36. The number of rotatable bonds is 8. The Hall–Kier alpha value is -3.55. The van der Waals surface area contributed by atoms with Gasteiger partial charge >= 0.3 is 0 Å². The average molecular weight is 411 g/mol. The average Bonchev–Trinajstić information content (AvgIpc) is 3.22. The van der Waals surface area contributed by atoms with Crippen molar-refractivity contribution in [3.8, 4) is 28.6 Å². The molecule has 0 aliphatic heterocycles. The first-order valence-corrected chi connectivity index (χ1v) is 9.48. The zero-order chi connectivity index (χ0) is 21.7. The first-order valence-electron chi connectivity index (χ1n) is 9.48. The van der Waals surface area contributed by atoms with E-state index in [2.05, 4.69) is 15.5 Å². The molecule has 0 aliphatic rings. The summed E-state index contributed by atoms with van der Waals surface area (Å²) in [6.45, 7) is 5.69. The maximum Gasteiger partial charge on any atom is 0.261 e. The second kappa shape index (κ2) is 9.30. The molecule has 1 heterocycles. The highest BCUT2D eigenvalue weighted by atomic mass is 16.5. The molecule has 1 N–H and O–H groups in total. The molecule has 0 saturated heterocycles. The van der Waals surface area contributed by atoms with Gasteiger partial charge in [-0.15, -0.1) is 0 Å². The highest BCUT2D eigenvalue weighted by Crippen LogP contribution is 2.31. The zero-order valence-corrected chi connectivity index (χ0v) is 17.7. The number of hydrogen-bond acceptors (Lipinski definition) is 7. The lowest BCUT2D eigenvalue weighted by Gasteiger charge is -2.16. The van der Waals surface area contributed by atoms with Gasteiger partial charge in [-0.25, -0.2) is 0 Å².